The van der Waals surface area contributed by atoms with Gasteiger partial charge < -0.3 is 25.8 Å². The average Bonchev–Trinajstić information content (AvgIpc) is 2.83. The molecule has 34 heavy (non-hydrogen) atoms. The number of hydrogen-bond acceptors (Lipinski definition) is 3. The molecule has 1 aliphatic rings. The summed E-state index contributed by atoms with van der Waals surface area (Å²) in [5, 5.41) is 9.20. The van der Waals surface area contributed by atoms with E-state index in [0.29, 0.717) is 29.5 Å². The normalized spacial score (nSPS) is 13.4. The Hall–Kier alpha value is -3.71. The van der Waals surface area contributed by atoms with Crippen LogP contribution < -0.4 is 20.9 Å². The summed E-state index contributed by atoms with van der Waals surface area (Å²) in [6.45, 7) is 6.52. The van der Waals surface area contributed by atoms with Gasteiger partial charge in [-0.3, -0.25) is 0 Å². The quantitative estimate of drug-likeness (QED) is 0.434. The number of aryl methyl sites for hydroxylation is 2. The van der Waals surface area contributed by atoms with E-state index in [0.717, 1.165) is 35.6 Å². The fourth-order valence-corrected chi connectivity index (χ4v) is 4.17. The molecule has 4 rings (SSSR count). The Morgan fingerprint density at radius 1 is 0.765 bits per heavy atom. The van der Waals surface area contributed by atoms with Crippen LogP contribution in [-0.4, -0.2) is 43.1 Å². The number of carbonyl (C=O) groups excluding carboxylic acids is 2. The standard InChI is InChI=1S/C26H28ClN5O2/c1-18-6-3-4-9-23(18)29-25(33)28-20-10-12-21(13-11-20)31-14-16-32(17-15-31)26(34)30-24-19(2)7-5-8-22(24)27/h3-13H,14-17H2,1-2H3,(H,30,34)(H2,28,29,33). The predicted molar refractivity (Wildman–Crippen MR) is 139 cm³/mol. The van der Waals surface area contributed by atoms with Crippen molar-refractivity contribution in [3.05, 3.63) is 82.9 Å². The molecule has 1 heterocycles. The van der Waals surface area contributed by atoms with Crippen molar-refractivity contribution in [1.82, 2.24) is 4.90 Å². The van der Waals surface area contributed by atoms with Crippen molar-refractivity contribution in [2.24, 2.45) is 0 Å². The Morgan fingerprint density at radius 3 is 2.12 bits per heavy atom. The van der Waals surface area contributed by atoms with E-state index >= 15 is 0 Å². The van der Waals surface area contributed by atoms with E-state index in [1.54, 1.807) is 11.0 Å². The van der Waals surface area contributed by atoms with Gasteiger partial charge in [-0.05, 0) is 61.4 Å². The topological polar surface area (TPSA) is 76.7 Å². The lowest BCUT2D eigenvalue weighted by Crippen LogP contribution is -2.50. The number of anilines is 4. The summed E-state index contributed by atoms with van der Waals surface area (Å²) in [6.07, 6.45) is 0. The highest BCUT2D eigenvalue weighted by Crippen LogP contribution is 2.26. The number of halogens is 1. The van der Waals surface area contributed by atoms with Crippen LogP contribution in [0.2, 0.25) is 5.02 Å². The molecule has 0 bridgehead atoms. The van der Waals surface area contributed by atoms with Crippen molar-refractivity contribution in [3.63, 3.8) is 0 Å². The van der Waals surface area contributed by atoms with Crippen molar-refractivity contribution in [1.29, 1.82) is 0 Å². The maximum absolute atomic E-state index is 12.7. The van der Waals surface area contributed by atoms with Gasteiger partial charge in [0.2, 0.25) is 0 Å². The Balaban J connectivity index is 1.28. The van der Waals surface area contributed by atoms with Gasteiger partial charge in [-0.25, -0.2) is 9.59 Å². The van der Waals surface area contributed by atoms with Gasteiger partial charge in [0.05, 0.1) is 10.7 Å². The fraction of sp³-hybridized carbons (Fsp3) is 0.231. The minimum Gasteiger partial charge on any atom is -0.368 e. The van der Waals surface area contributed by atoms with Gasteiger partial charge in [0, 0.05) is 43.2 Å². The van der Waals surface area contributed by atoms with Gasteiger partial charge in [-0.15, -0.1) is 0 Å². The van der Waals surface area contributed by atoms with E-state index in [4.69, 9.17) is 11.6 Å². The molecule has 0 unspecified atom stereocenters. The van der Waals surface area contributed by atoms with E-state index in [9.17, 15) is 9.59 Å². The van der Waals surface area contributed by atoms with Crippen LogP contribution in [0.4, 0.5) is 32.3 Å². The van der Waals surface area contributed by atoms with Gasteiger partial charge in [0.15, 0.2) is 0 Å². The molecule has 4 amide bonds. The van der Waals surface area contributed by atoms with Crippen molar-refractivity contribution in [2.45, 2.75) is 13.8 Å². The largest absolute Gasteiger partial charge is 0.368 e. The number of carbonyl (C=O) groups is 2. The van der Waals surface area contributed by atoms with Crippen LogP contribution in [0.25, 0.3) is 0 Å². The van der Waals surface area contributed by atoms with Gasteiger partial charge in [0.25, 0.3) is 0 Å². The fourth-order valence-electron chi connectivity index (χ4n) is 3.90. The number of hydrogen-bond donors (Lipinski definition) is 3. The van der Waals surface area contributed by atoms with E-state index in [1.165, 1.54) is 0 Å². The summed E-state index contributed by atoms with van der Waals surface area (Å²) < 4.78 is 0. The molecular weight excluding hydrogens is 450 g/mol. The lowest BCUT2D eigenvalue weighted by Gasteiger charge is -2.36. The molecule has 0 radical (unpaired) electrons. The van der Waals surface area contributed by atoms with Crippen molar-refractivity contribution < 1.29 is 9.59 Å². The van der Waals surface area contributed by atoms with Gasteiger partial charge in [0.1, 0.15) is 0 Å². The van der Waals surface area contributed by atoms with Crippen LogP contribution in [0.3, 0.4) is 0 Å². The van der Waals surface area contributed by atoms with Gasteiger partial charge in [-0.1, -0.05) is 41.9 Å². The summed E-state index contributed by atoms with van der Waals surface area (Å²) in [5.41, 5.74) is 5.13. The number of rotatable bonds is 4. The lowest BCUT2D eigenvalue weighted by molar-refractivity contribution is 0.208. The number of benzene rings is 3. The van der Waals surface area contributed by atoms with E-state index in [2.05, 4.69) is 20.9 Å². The Kier molecular flexibility index (Phi) is 7.23. The lowest BCUT2D eigenvalue weighted by atomic mass is 10.2. The van der Waals surface area contributed by atoms with Crippen LogP contribution >= 0.6 is 11.6 Å². The summed E-state index contributed by atoms with van der Waals surface area (Å²) in [7, 11) is 0. The molecule has 0 saturated carbocycles. The number of nitrogens with zero attached hydrogens (tertiary/aromatic N) is 2. The number of para-hydroxylation sites is 2. The SMILES string of the molecule is Cc1ccccc1NC(=O)Nc1ccc(N2CCN(C(=O)Nc3c(C)cccc3Cl)CC2)cc1. The summed E-state index contributed by atoms with van der Waals surface area (Å²) >= 11 is 6.24. The number of piperazine rings is 1. The Morgan fingerprint density at radius 2 is 1.44 bits per heavy atom. The molecule has 1 aliphatic heterocycles. The maximum atomic E-state index is 12.7. The van der Waals surface area contributed by atoms with Gasteiger partial charge in [-0.2, -0.15) is 0 Å². The molecule has 3 aromatic carbocycles. The Labute approximate surface area is 204 Å². The monoisotopic (exact) mass is 477 g/mol. The average molecular weight is 478 g/mol. The smallest absolute Gasteiger partial charge is 0.323 e. The zero-order chi connectivity index (χ0) is 24.1. The molecule has 7 nitrogen and oxygen atoms in total. The van der Waals surface area contributed by atoms with Crippen molar-refractivity contribution in [3.8, 4) is 0 Å². The van der Waals surface area contributed by atoms with Crippen molar-refractivity contribution >= 4 is 46.4 Å². The maximum Gasteiger partial charge on any atom is 0.323 e. The minimum atomic E-state index is -0.282. The number of urea groups is 2. The first-order valence-electron chi connectivity index (χ1n) is 11.2. The second-order valence-electron chi connectivity index (χ2n) is 8.28. The van der Waals surface area contributed by atoms with E-state index in [-0.39, 0.29) is 12.1 Å². The first kappa shape index (κ1) is 23.4. The predicted octanol–water partition coefficient (Wildman–Crippen LogP) is 5.95. The first-order chi connectivity index (χ1) is 16.4. The molecule has 0 spiro atoms. The number of amides is 4. The molecular formula is C26H28ClN5O2. The highest BCUT2D eigenvalue weighted by atomic mass is 35.5. The van der Waals surface area contributed by atoms with Crippen LogP contribution in [0, 0.1) is 13.8 Å². The van der Waals surface area contributed by atoms with Crippen LogP contribution in [0.15, 0.2) is 66.7 Å². The highest BCUT2D eigenvalue weighted by molar-refractivity contribution is 6.33. The summed E-state index contributed by atoms with van der Waals surface area (Å²) in [6, 6.07) is 20.5. The molecule has 1 fully saturated rings. The van der Waals surface area contributed by atoms with Crippen LogP contribution in [-0.2, 0) is 0 Å². The third-order valence-electron chi connectivity index (χ3n) is 5.90. The molecule has 0 aliphatic carbocycles. The zero-order valence-corrected chi connectivity index (χ0v) is 20.0. The molecule has 0 atom stereocenters. The van der Waals surface area contributed by atoms with Crippen LogP contribution in [0.1, 0.15) is 11.1 Å². The number of nitrogens with one attached hydrogen (secondary N) is 3. The highest BCUT2D eigenvalue weighted by Gasteiger charge is 2.22. The van der Waals surface area contributed by atoms with E-state index in [1.807, 2.05) is 74.5 Å². The van der Waals surface area contributed by atoms with Crippen LogP contribution in [0.5, 0.6) is 0 Å². The molecule has 8 heteroatoms. The first-order valence-corrected chi connectivity index (χ1v) is 11.6. The zero-order valence-electron chi connectivity index (χ0n) is 19.3. The van der Waals surface area contributed by atoms with E-state index < -0.39 is 0 Å². The molecule has 0 aromatic heterocycles. The van der Waals surface area contributed by atoms with Gasteiger partial charge >= 0.3 is 12.1 Å². The second kappa shape index (κ2) is 10.5. The third-order valence-corrected chi connectivity index (χ3v) is 6.22. The molecule has 3 N–H and O–H groups in total. The second-order valence-corrected chi connectivity index (χ2v) is 8.68. The third kappa shape index (κ3) is 5.61. The molecule has 176 valence electrons. The summed E-state index contributed by atoms with van der Waals surface area (Å²) in [5.74, 6) is 0. The van der Waals surface area contributed by atoms with Crippen molar-refractivity contribution in [2.75, 3.05) is 47.0 Å². The molecule has 1 saturated heterocycles. The Bertz CT molecular complexity index is 1150. The summed E-state index contributed by atoms with van der Waals surface area (Å²) in [4.78, 5) is 29.0. The minimum absolute atomic E-state index is 0.143. The molecule has 3 aromatic rings.